The molecule has 0 aliphatic heterocycles. The number of hydrogen-bond donors (Lipinski definition) is 0. The Hall–Kier alpha value is -2.27. The van der Waals surface area contributed by atoms with Crippen LogP contribution in [-0.2, 0) is 0 Å². The molecule has 2 aromatic carbocycles. The van der Waals surface area contributed by atoms with Crippen molar-refractivity contribution >= 4 is 11.3 Å². The number of rotatable bonds is 3. The molecular formula is C16H11F2NOS. The van der Waals surface area contributed by atoms with Crippen LogP contribution < -0.4 is 4.74 Å². The van der Waals surface area contributed by atoms with Crippen LogP contribution in [0.15, 0.2) is 47.8 Å². The van der Waals surface area contributed by atoms with E-state index in [4.69, 9.17) is 4.74 Å². The van der Waals surface area contributed by atoms with E-state index in [9.17, 15) is 8.78 Å². The molecule has 0 spiro atoms. The Morgan fingerprint density at radius 3 is 2.52 bits per heavy atom. The molecular weight excluding hydrogens is 292 g/mol. The van der Waals surface area contributed by atoms with E-state index >= 15 is 0 Å². The van der Waals surface area contributed by atoms with Gasteiger partial charge in [-0.3, -0.25) is 0 Å². The second-order valence-corrected chi connectivity index (χ2v) is 5.25. The number of hydrogen-bond acceptors (Lipinski definition) is 3. The maximum Gasteiger partial charge on any atom is 0.132 e. The second-order valence-electron chi connectivity index (χ2n) is 4.39. The molecule has 0 bridgehead atoms. The first kappa shape index (κ1) is 13.7. The van der Waals surface area contributed by atoms with Crippen molar-refractivity contribution in [3.8, 4) is 27.6 Å². The van der Waals surface area contributed by atoms with E-state index in [-0.39, 0.29) is 5.56 Å². The Labute approximate surface area is 124 Å². The SMILES string of the molecule is COc1ccc(-c2nc(-c3cc(F)ccc3F)cs2)cc1. The number of methoxy groups -OCH3 is 1. The summed E-state index contributed by atoms with van der Waals surface area (Å²) in [5, 5.41) is 2.47. The molecule has 0 fully saturated rings. The van der Waals surface area contributed by atoms with E-state index in [1.165, 1.54) is 11.3 Å². The molecule has 0 radical (unpaired) electrons. The van der Waals surface area contributed by atoms with Gasteiger partial charge >= 0.3 is 0 Å². The van der Waals surface area contributed by atoms with E-state index in [1.54, 1.807) is 12.5 Å². The van der Waals surface area contributed by atoms with E-state index in [0.717, 1.165) is 34.5 Å². The van der Waals surface area contributed by atoms with Crippen LogP contribution in [0.2, 0.25) is 0 Å². The number of aromatic nitrogens is 1. The van der Waals surface area contributed by atoms with Gasteiger partial charge in [0, 0.05) is 16.5 Å². The molecule has 0 aliphatic carbocycles. The monoisotopic (exact) mass is 303 g/mol. The number of ether oxygens (including phenoxy) is 1. The van der Waals surface area contributed by atoms with Crippen LogP contribution in [0.5, 0.6) is 5.75 Å². The average Bonchev–Trinajstić information content (AvgIpc) is 2.99. The smallest absolute Gasteiger partial charge is 0.132 e. The van der Waals surface area contributed by atoms with E-state index < -0.39 is 11.6 Å². The summed E-state index contributed by atoms with van der Waals surface area (Å²) < 4.78 is 32.1. The molecule has 21 heavy (non-hydrogen) atoms. The molecule has 0 atom stereocenters. The van der Waals surface area contributed by atoms with Crippen molar-refractivity contribution in [1.29, 1.82) is 0 Å². The molecule has 5 heteroatoms. The fourth-order valence-electron chi connectivity index (χ4n) is 1.96. The minimum atomic E-state index is -0.483. The van der Waals surface area contributed by atoms with Crippen molar-refractivity contribution in [2.45, 2.75) is 0 Å². The first-order chi connectivity index (χ1) is 10.2. The van der Waals surface area contributed by atoms with Crippen molar-refractivity contribution in [1.82, 2.24) is 4.98 Å². The molecule has 2 nitrogen and oxygen atoms in total. The number of benzene rings is 2. The zero-order valence-electron chi connectivity index (χ0n) is 11.1. The molecule has 0 amide bonds. The summed E-state index contributed by atoms with van der Waals surface area (Å²) in [6.45, 7) is 0. The summed E-state index contributed by atoms with van der Waals surface area (Å²) in [5.74, 6) is -0.208. The van der Waals surface area contributed by atoms with Gasteiger partial charge in [-0.2, -0.15) is 0 Å². The minimum absolute atomic E-state index is 0.172. The Kier molecular flexibility index (Phi) is 3.66. The highest BCUT2D eigenvalue weighted by molar-refractivity contribution is 7.13. The zero-order valence-corrected chi connectivity index (χ0v) is 12.0. The van der Waals surface area contributed by atoms with Gasteiger partial charge in [-0.25, -0.2) is 13.8 Å². The molecule has 106 valence electrons. The van der Waals surface area contributed by atoms with Gasteiger partial charge in [0.05, 0.1) is 12.8 Å². The Morgan fingerprint density at radius 1 is 1.05 bits per heavy atom. The third-order valence-electron chi connectivity index (χ3n) is 3.05. The summed E-state index contributed by atoms with van der Waals surface area (Å²) in [7, 11) is 1.60. The summed E-state index contributed by atoms with van der Waals surface area (Å²) in [6.07, 6.45) is 0. The van der Waals surface area contributed by atoms with Crippen molar-refractivity contribution in [2.24, 2.45) is 0 Å². The average molecular weight is 303 g/mol. The molecule has 0 aliphatic rings. The van der Waals surface area contributed by atoms with Gasteiger partial charge in [-0.05, 0) is 42.5 Å². The topological polar surface area (TPSA) is 22.1 Å². The number of nitrogens with zero attached hydrogens (tertiary/aromatic N) is 1. The third-order valence-corrected chi connectivity index (χ3v) is 3.94. The van der Waals surface area contributed by atoms with Gasteiger partial charge in [0.1, 0.15) is 22.4 Å². The van der Waals surface area contributed by atoms with Crippen LogP contribution in [0.25, 0.3) is 21.8 Å². The van der Waals surface area contributed by atoms with Crippen LogP contribution in [0.4, 0.5) is 8.78 Å². The fraction of sp³-hybridized carbons (Fsp3) is 0.0625. The van der Waals surface area contributed by atoms with Gasteiger partial charge in [0.25, 0.3) is 0 Å². The van der Waals surface area contributed by atoms with Crippen LogP contribution in [0, 0.1) is 11.6 Å². The molecule has 0 saturated carbocycles. The Morgan fingerprint density at radius 2 is 1.81 bits per heavy atom. The van der Waals surface area contributed by atoms with E-state index in [1.807, 2.05) is 24.3 Å². The summed E-state index contributed by atoms with van der Waals surface area (Å²) in [4.78, 5) is 4.38. The molecule has 3 aromatic rings. The Bertz CT molecular complexity index is 768. The molecule has 0 unspecified atom stereocenters. The predicted molar refractivity (Wildman–Crippen MR) is 79.5 cm³/mol. The first-order valence-electron chi connectivity index (χ1n) is 6.23. The first-order valence-corrected chi connectivity index (χ1v) is 7.11. The molecule has 1 heterocycles. The van der Waals surface area contributed by atoms with Crippen molar-refractivity contribution in [3.05, 3.63) is 59.5 Å². The highest BCUT2D eigenvalue weighted by Gasteiger charge is 2.11. The minimum Gasteiger partial charge on any atom is -0.497 e. The second kappa shape index (κ2) is 5.61. The molecule has 1 aromatic heterocycles. The van der Waals surface area contributed by atoms with E-state index in [2.05, 4.69) is 4.98 Å². The van der Waals surface area contributed by atoms with Crippen LogP contribution in [0.3, 0.4) is 0 Å². The predicted octanol–water partition coefficient (Wildman–Crippen LogP) is 4.76. The van der Waals surface area contributed by atoms with Crippen molar-refractivity contribution < 1.29 is 13.5 Å². The highest BCUT2D eigenvalue weighted by Crippen LogP contribution is 2.31. The normalized spacial score (nSPS) is 10.6. The zero-order chi connectivity index (χ0) is 14.8. The lowest BCUT2D eigenvalue weighted by molar-refractivity contribution is 0.415. The van der Waals surface area contributed by atoms with Crippen LogP contribution in [0.1, 0.15) is 0 Å². The lowest BCUT2D eigenvalue weighted by Gasteiger charge is -2.01. The van der Waals surface area contributed by atoms with Gasteiger partial charge in [-0.15, -0.1) is 11.3 Å². The highest BCUT2D eigenvalue weighted by atomic mass is 32.1. The van der Waals surface area contributed by atoms with E-state index in [0.29, 0.717) is 5.69 Å². The number of halogens is 2. The number of thiazole rings is 1. The maximum absolute atomic E-state index is 13.7. The van der Waals surface area contributed by atoms with Gasteiger partial charge < -0.3 is 4.74 Å². The summed E-state index contributed by atoms with van der Waals surface area (Å²) in [6, 6.07) is 10.8. The maximum atomic E-state index is 13.7. The Balaban J connectivity index is 1.97. The quantitative estimate of drug-likeness (QED) is 0.695. The standard InChI is InChI=1S/C16H11F2NOS/c1-20-12-5-2-10(3-6-12)16-19-15(9-21-16)13-8-11(17)4-7-14(13)18/h2-9H,1H3. The molecule has 0 N–H and O–H groups in total. The third kappa shape index (κ3) is 2.78. The lowest BCUT2D eigenvalue weighted by atomic mass is 10.1. The lowest BCUT2D eigenvalue weighted by Crippen LogP contribution is -1.87. The van der Waals surface area contributed by atoms with Gasteiger partial charge in [0.2, 0.25) is 0 Å². The molecule has 0 saturated heterocycles. The largest absolute Gasteiger partial charge is 0.497 e. The van der Waals surface area contributed by atoms with Gasteiger partial charge in [0.15, 0.2) is 0 Å². The van der Waals surface area contributed by atoms with Crippen LogP contribution in [-0.4, -0.2) is 12.1 Å². The van der Waals surface area contributed by atoms with Crippen LogP contribution >= 0.6 is 11.3 Å². The van der Waals surface area contributed by atoms with Crippen molar-refractivity contribution in [2.75, 3.05) is 7.11 Å². The van der Waals surface area contributed by atoms with Crippen molar-refractivity contribution in [3.63, 3.8) is 0 Å². The fourth-order valence-corrected chi connectivity index (χ4v) is 2.78. The summed E-state index contributed by atoms with van der Waals surface area (Å²) in [5.41, 5.74) is 1.51. The van der Waals surface area contributed by atoms with Gasteiger partial charge in [-0.1, -0.05) is 0 Å². The molecule has 3 rings (SSSR count). The summed E-state index contributed by atoms with van der Waals surface area (Å²) >= 11 is 1.38.